The number of carbonyl (C=O) groups excluding carboxylic acids is 2. The minimum absolute atomic E-state index is 0.113. The fourth-order valence-electron chi connectivity index (χ4n) is 3.01. The van der Waals surface area contributed by atoms with Crippen LogP contribution >= 0.6 is 15.9 Å². The minimum Gasteiger partial charge on any atom is -0.462 e. The minimum atomic E-state index is -4.39. The summed E-state index contributed by atoms with van der Waals surface area (Å²) in [5.41, 5.74) is 0.373. The van der Waals surface area contributed by atoms with Crippen molar-refractivity contribution in [2.45, 2.75) is 11.8 Å². The number of nitrogens with zero attached hydrogens (tertiary/aromatic N) is 2. The van der Waals surface area contributed by atoms with Crippen molar-refractivity contribution in [1.82, 2.24) is 0 Å². The zero-order valence-electron chi connectivity index (χ0n) is 19.6. The molecule has 0 spiro atoms. The molecule has 0 aromatic heterocycles. The van der Waals surface area contributed by atoms with E-state index in [1.165, 1.54) is 54.6 Å². The van der Waals surface area contributed by atoms with Gasteiger partial charge in [-0.15, -0.1) is 0 Å². The first kappa shape index (κ1) is 28.0. The molecule has 0 unspecified atom stereocenters. The molecular formula is C25H18BrN3O8S. The van der Waals surface area contributed by atoms with Gasteiger partial charge in [0.05, 0.1) is 21.6 Å². The van der Waals surface area contributed by atoms with Gasteiger partial charge < -0.3 is 14.2 Å². The molecule has 0 aliphatic carbocycles. The van der Waals surface area contributed by atoms with E-state index >= 15 is 0 Å². The standard InChI is InChI=1S/C25H18BrN3O8S/c1-2-36-25(31)17-7-9-19(10-8-17)28-24(30)18(15-27)12-16-6-11-23(22(26)13-16)37-38(34,35)21-5-3-4-20(14-21)29(32)33/h3-14H,2H2,1H3,(H,28,30)/b18-12+. The third-order valence-corrected chi connectivity index (χ3v) is 6.65. The second kappa shape index (κ2) is 12.1. The Hall–Kier alpha value is -4.54. The second-order valence-corrected chi connectivity index (χ2v) is 9.80. The number of nitro benzene ring substituents is 1. The smallest absolute Gasteiger partial charge is 0.339 e. The molecule has 1 amide bonds. The van der Waals surface area contributed by atoms with Crippen LogP contribution in [-0.4, -0.2) is 31.8 Å². The molecule has 0 fully saturated rings. The van der Waals surface area contributed by atoms with Gasteiger partial charge in [-0.3, -0.25) is 14.9 Å². The number of benzene rings is 3. The average Bonchev–Trinajstić information content (AvgIpc) is 2.89. The highest BCUT2D eigenvalue weighted by molar-refractivity contribution is 9.10. The second-order valence-electron chi connectivity index (χ2n) is 7.40. The number of nitro groups is 1. The molecule has 0 aliphatic heterocycles. The maximum atomic E-state index is 12.6. The van der Waals surface area contributed by atoms with Crippen LogP contribution in [-0.2, 0) is 19.6 Å². The molecule has 0 atom stereocenters. The van der Waals surface area contributed by atoms with Crippen LogP contribution in [0.25, 0.3) is 6.08 Å². The Balaban J connectivity index is 1.76. The van der Waals surface area contributed by atoms with Crippen LogP contribution in [0, 0.1) is 21.4 Å². The molecule has 0 saturated heterocycles. The van der Waals surface area contributed by atoms with Gasteiger partial charge in [0.25, 0.3) is 11.6 Å². The molecule has 3 aromatic rings. The summed E-state index contributed by atoms with van der Waals surface area (Å²) in [7, 11) is -4.39. The van der Waals surface area contributed by atoms with Crippen LogP contribution in [0.5, 0.6) is 5.75 Å². The van der Waals surface area contributed by atoms with Gasteiger partial charge in [-0.05, 0) is 77.0 Å². The summed E-state index contributed by atoms with van der Waals surface area (Å²) < 4.78 is 35.4. The first-order valence-corrected chi connectivity index (χ1v) is 12.9. The quantitative estimate of drug-likeness (QED) is 0.0903. The van der Waals surface area contributed by atoms with E-state index < -0.39 is 37.5 Å². The zero-order valence-corrected chi connectivity index (χ0v) is 22.0. The maximum absolute atomic E-state index is 12.6. The van der Waals surface area contributed by atoms with Crippen molar-refractivity contribution in [2.24, 2.45) is 0 Å². The van der Waals surface area contributed by atoms with Crippen LogP contribution < -0.4 is 9.50 Å². The lowest BCUT2D eigenvalue weighted by Gasteiger charge is -2.09. The molecule has 3 aromatic carbocycles. The molecule has 11 nitrogen and oxygen atoms in total. The Morgan fingerprint density at radius 1 is 1.13 bits per heavy atom. The number of hydrogen-bond donors (Lipinski definition) is 1. The summed E-state index contributed by atoms with van der Waals surface area (Å²) in [6, 6.07) is 16.3. The molecule has 3 rings (SSSR count). The van der Waals surface area contributed by atoms with Gasteiger partial charge in [-0.1, -0.05) is 12.1 Å². The van der Waals surface area contributed by atoms with Gasteiger partial charge in [0.2, 0.25) is 0 Å². The van der Waals surface area contributed by atoms with Gasteiger partial charge in [-0.25, -0.2) is 4.79 Å². The van der Waals surface area contributed by atoms with E-state index in [9.17, 15) is 33.4 Å². The van der Waals surface area contributed by atoms with E-state index in [-0.39, 0.29) is 22.4 Å². The van der Waals surface area contributed by atoms with Gasteiger partial charge in [0.15, 0.2) is 5.75 Å². The molecule has 1 N–H and O–H groups in total. The molecular weight excluding hydrogens is 582 g/mol. The lowest BCUT2D eigenvalue weighted by molar-refractivity contribution is -0.385. The monoisotopic (exact) mass is 599 g/mol. The molecule has 38 heavy (non-hydrogen) atoms. The van der Waals surface area contributed by atoms with Crippen molar-refractivity contribution >= 4 is 55.4 Å². The van der Waals surface area contributed by atoms with Crippen molar-refractivity contribution in [1.29, 1.82) is 5.26 Å². The lowest BCUT2D eigenvalue weighted by Crippen LogP contribution is -2.13. The average molecular weight is 600 g/mol. The van der Waals surface area contributed by atoms with Gasteiger partial charge in [-0.2, -0.15) is 13.7 Å². The number of rotatable bonds is 9. The van der Waals surface area contributed by atoms with E-state index in [1.54, 1.807) is 13.0 Å². The molecule has 0 heterocycles. The number of non-ortho nitro benzene ring substituents is 1. The lowest BCUT2D eigenvalue weighted by atomic mass is 10.1. The largest absolute Gasteiger partial charge is 0.462 e. The number of halogens is 1. The van der Waals surface area contributed by atoms with Crippen molar-refractivity contribution in [2.75, 3.05) is 11.9 Å². The number of ether oxygens (including phenoxy) is 1. The highest BCUT2D eigenvalue weighted by Crippen LogP contribution is 2.30. The number of nitrogens with one attached hydrogen (secondary N) is 1. The molecule has 0 aliphatic rings. The van der Waals surface area contributed by atoms with Gasteiger partial charge in [0, 0.05) is 17.8 Å². The van der Waals surface area contributed by atoms with Crippen LogP contribution in [0.4, 0.5) is 11.4 Å². The Bertz CT molecular complexity index is 1580. The normalized spacial score (nSPS) is 11.2. The van der Waals surface area contributed by atoms with E-state index in [0.717, 1.165) is 18.2 Å². The molecule has 13 heteroatoms. The number of nitriles is 1. The van der Waals surface area contributed by atoms with Crippen molar-refractivity contribution in [3.8, 4) is 11.8 Å². The number of hydrogen-bond acceptors (Lipinski definition) is 9. The first-order chi connectivity index (χ1) is 18.0. The van der Waals surface area contributed by atoms with E-state index in [4.69, 9.17) is 8.92 Å². The number of amides is 1. The van der Waals surface area contributed by atoms with Crippen LogP contribution in [0.3, 0.4) is 0 Å². The summed E-state index contributed by atoms with van der Waals surface area (Å²) in [5, 5.41) is 23.0. The third-order valence-electron chi connectivity index (χ3n) is 4.80. The van der Waals surface area contributed by atoms with Crippen LogP contribution in [0.2, 0.25) is 0 Å². The molecule has 0 saturated carbocycles. The van der Waals surface area contributed by atoms with Crippen molar-refractivity contribution in [3.63, 3.8) is 0 Å². The number of anilines is 1. The fraction of sp³-hybridized carbons (Fsp3) is 0.0800. The van der Waals surface area contributed by atoms with Crippen LogP contribution in [0.15, 0.2) is 81.7 Å². The number of esters is 1. The summed E-state index contributed by atoms with van der Waals surface area (Å²) in [6.07, 6.45) is 1.28. The topological polar surface area (TPSA) is 166 Å². The van der Waals surface area contributed by atoms with Gasteiger partial charge in [0.1, 0.15) is 16.5 Å². The fourth-order valence-corrected chi connectivity index (χ4v) is 4.58. The first-order valence-electron chi connectivity index (χ1n) is 10.7. The van der Waals surface area contributed by atoms with E-state index in [1.807, 2.05) is 0 Å². The zero-order chi connectivity index (χ0) is 27.9. The summed E-state index contributed by atoms with van der Waals surface area (Å²) >= 11 is 3.19. The number of carbonyl (C=O) groups is 2. The molecule has 0 radical (unpaired) electrons. The Morgan fingerprint density at radius 3 is 2.45 bits per heavy atom. The summed E-state index contributed by atoms with van der Waals surface area (Å²) in [5.74, 6) is -1.32. The Morgan fingerprint density at radius 2 is 1.84 bits per heavy atom. The Kier molecular flexibility index (Phi) is 8.95. The highest BCUT2D eigenvalue weighted by Gasteiger charge is 2.21. The Labute approximate surface area is 225 Å². The third kappa shape index (κ3) is 7.02. The van der Waals surface area contributed by atoms with E-state index in [0.29, 0.717) is 16.8 Å². The predicted octanol–water partition coefficient (Wildman–Crippen LogP) is 4.85. The highest BCUT2D eigenvalue weighted by atomic mass is 79.9. The maximum Gasteiger partial charge on any atom is 0.339 e. The van der Waals surface area contributed by atoms with Crippen LogP contribution in [0.1, 0.15) is 22.8 Å². The molecule has 194 valence electrons. The van der Waals surface area contributed by atoms with Gasteiger partial charge >= 0.3 is 16.1 Å². The predicted molar refractivity (Wildman–Crippen MR) is 140 cm³/mol. The summed E-state index contributed by atoms with van der Waals surface area (Å²) in [4.78, 5) is 34.1. The SMILES string of the molecule is CCOC(=O)c1ccc(NC(=O)/C(C#N)=C/c2ccc(OS(=O)(=O)c3cccc([N+](=O)[O-])c3)c(Br)c2)cc1. The molecule has 0 bridgehead atoms. The van der Waals surface area contributed by atoms with Crippen molar-refractivity contribution in [3.05, 3.63) is 98.0 Å². The van der Waals surface area contributed by atoms with Crippen molar-refractivity contribution < 1.29 is 31.9 Å². The van der Waals surface area contributed by atoms with E-state index in [2.05, 4.69) is 21.2 Å². The summed E-state index contributed by atoms with van der Waals surface area (Å²) in [6.45, 7) is 1.91.